The summed E-state index contributed by atoms with van der Waals surface area (Å²) in [6, 6.07) is 1.60. The van der Waals surface area contributed by atoms with Gasteiger partial charge in [0.25, 0.3) is 0 Å². The first kappa shape index (κ1) is 15.2. The van der Waals surface area contributed by atoms with E-state index in [-0.39, 0.29) is 4.47 Å². The van der Waals surface area contributed by atoms with Crippen LogP contribution in [-0.2, 0) is 10.3 Å². The molecule has 1 unspecified atom stereocenters. The van der Waals surface area contributed by atoms with Gasteiger partial charge in [0.1, 0.15) is 5.82 Å². The van der Waals surface area contributed by atoms with Gasteiger partial charge < -0.3 is 10.8 Å². The fraction of sp³-hybridized carbons (Fsp3) is 0.222. The normalized spacial score (nSPS) is 15.3. The Morgan fingerprint density at radius 1 is 1.39 bits per heavy atom. The van der Waals surface area contributed by atoms with Crippen molar-refractivity contribution in [1.82, 2.24) is 0 Å². The molecule has 1 aromatic carbocycles. The second-order valence-corrected chi connectivity index (χ2v) is 4.57. The third-order valence-electron chi connectivity index (χ3n) is 2.24. The van der Waals surface area contributed by atoms with Gasteiger partial charge >= 0.3 is 12.1 Å². The molecular formula is C9H5BrClF4NO2. The predicted octanol–water partition coefficient (Wildman–Crippen LogP) is 3.04. The number of rotatable bonds is 2. The smallest absolute Gasteiger partial charge is 0.421 e. The standard InChI is InChI=1S/C9H5BrClF4NO2/c10-4-2-1-3(6(12)5(4)11)8(16,7(17)18)9(13,14)15/h1-2H,16H2,(H,17,18). The molecule has 1 rings (SSSR count). The van der Waals surface area contributed by atoms with Crippen LogP contribution in [0.5, 0.6) is 0 Å². The number of hydrogen-bond acceptors (Lipinski definition) is 2. The first-order valence-corrected chi connectivity index (χ1v) is 5.43. The molecular weight excluding hydrogens is 345 g/mol. The summed E-state index contributed by atoms with van der Waals surface area (Å²) in [6.07, 6.45) is -5.38. The van der Waals surface area contributed by atoms with Crippen LogP contribution in [0.1, 0.15) is 5.56 Å². The molecule has 0 amide bonds. The lowest BCUT2D eigenvalue weighted by molar-refractivity contribution is -0.205. The van der Waals surface area contributed by atoms with E-state index in [9.17, 15) is 22.4 Å². The number of carboxylic acids is 1. The number of nitrogens with two attached hydrogens (primary N) is 1. The molecule has 0 aliphatic heterocycles. The van der Waals surface area contributed by atoms with E-state index in [0.717, 1.165) is 6.07 Å². The largest absolute Gasteiger partial charge is 0.479 e. The molecule has 0 saturated carbocycles. The highest BCUT2D eigenvalue weighted by atomic mass is 79.9. The van der Waals surface area contributed by atoms with E-state index < -0.39 is 34.1 Å². The van der Waals surface area contributed by atoms with Gasteiger partial charge in [-0.25, -0.2) is 9.18 Å². The summed E-state index contributed by atoms with van der Waals surface area (Å²) in [7, 11) is 0. The average Bonchev–Trinajstić information content (AvgIpc) is 2.23. The van der Waals surface area contributed by atoms with Crippen molar-refractivity contribution in [3.63, 3.8) is 0 Å². The minimum atomic E-state index is -5.38. The number of carboxylic acid groups (broad SMARTS) is 1. The van der Waals surface area contributed by atoms with Crippen LogP contribution in [0, 0.1) is 5.82 Å². The van der Waals surface area contributed by atoms with Crippen LogP contribution in [-0.4, -0.2) is 17.3 Å². The average molecular weight is 350 g/mol. The molecule has 0 aromatic heterocycles. The maximum Gasteiger partial charge on any atom is 0.421 e. The molecule has 100 valence electrons. The Morgan fingerprint density at radius 3 is 2.28 bits per heavy atom. The van der Waals surface area contributed by atoms with Crippen molar-refractivity contribution in [2.75, 3.05) is 0 Å². The van der Waals surface area contributed by atoms with Crippen molar-refractivity contribution in [2.45, 2.75) is 11.7 Å². The zero-order chi connectivity index (χ0) is 14.3. The van der Waals surface area contributed by atoms with E-state index >= 15 is 0 Å². The fourth-order valence-electron chi connectivity index (χ4n) is 1.22. The number of aliphatic carboxylic acids is 1. The van der Waals surface area contributed by atoms with Crippen molar-refractivity contribution in [3.8, 4) is 0 Å². The number of hydrogen-bond donors (Lipinski definition) is 2. The molecule has 18 heavy (non-hydrogen) atoms. The maximum atomic E-state index is 13.6. The zero-order valence-corrected chi connectivity index (χ0v) is 10.7. The summed E-state index contributed by atoms with van der Waals surface area (Å²) in [5, 5.41) is 7.97. The van der Waals surface area contributed by atoms with Crippen molar-refractivity contribution in [2.24, 2.45) is 5.73 Å². The van der Waals surface area contributed by atoms with Crippen LogP contribution in [0.15, 0.2) is 16.6 Å². The summed E-state index contributed by atoms with van der Waals surface area (Å²) in [5.41, 5.74) is -0.293. The molecule has 0 heterocycles. The highest BCUT2D eigenvalue weighted by Gasteiger charge is 2.60. The van der Waals surface area contributed by atoms with Gasteiger partial charge in [-0.1, -0.05) is 17.7 Å². The lowest BCUT2D eigenvalue weighted by Crippen LogP contribution is -2.57. The molecule has 1 aromatic rings. The van der Waals surface area contributed by atoms with Gasteiger partial charge in [0.15, 0.2) is 0 Å². The zero-order valence-electron chi connectivity index (χ0n) is 8.36. The minimum Gasteiger partial charge on any atom is -0.479 e. The van der Waals surface area contributed by atoms with Gasteiger partial charge in [0.2, 0.25) is 5.54 Å². The highest BCUT2D eigenvalue weighted by Crippen LogP contribution is 2.41. The predicted molar refractivity (Wildman–Crippen MR) is 58.7 cm³/mol. The molecule has 1 atom stereocenters. The molecule has 0 fully saturated rings. The van der Waals surface area contributed by atoms with Crippen LogP contribution in [0.2, 0.25) is 5.02 Å². The second kappa shape index (κ2) is 4.67. The molecule has 0 aliphatic carbocycles. The molecule has 0 radical (unpaired) electrons. The van der Waals surface area contributed by atoms with Gasteiger partial charge in [-0.05, 0) is 22.0 Å². The Kier molecular flexibility index (Phi) is 3.94. The Bertz CT molecular complexity index is 508. The van der Waals surface area contributed by atoms with E-state index in [2.05, 4.69) is 15.9 Å². The monoisotopic (exact) mass is 349 g/mol. The highest BCUT2D eigenvalue weighted by molar-refractivity contribution is 9.10. The third kappa shape index (κ3) is 2.19. The molecule has 3 N–H and O–H groups in total. The Balaban J connectivity index is 3.61. The Morgan fingerprint density at radius 2 is 1.89 bits per heavy atom. The van der Waals surface area contributed by atoms with Crippen LogP contribution in [0.3, 0.4) is 0 Å². The third-order valence-corrected chi connectivity index (χ3v) is 3.50. The Hall–Kier alpha value is -0.860. The molecule has 9 heteroatoms. The van der Waals surface area contributed by atoms with Crippen molar-refractivity contribution >= 4 is 33.5 Å². The van der Waals surface area contributed by atoms with Crippen LogP contribution >= 0.6 is 27.5 Å². The van der Waals surface area contributed by atoms with Gasteiger partial charge in [-0.2, -0.15) is 13.2 Å². The number of carbonyl (C=O) groups is 1. The van der Waals surface area contributed by atoms with Crippen LogP contribution < -0.4 is 5.73 Å². The molecule has 0 saturated heterocycles. The number of benzene rings is 1. The summed E-state index contributed by atoms with van der Waals surface area (Å²) >= 11 is 8.20. The summed E-state index contributed by atoms with van der Waals surface area (Å²) in [5.74, 6) is -3.96. The second-order valence-electron chi connectivity index (χ2n) is 3.33. The Labute approximate surface area is 112 Å². The van der Waals surface area contributed by atoms with E-state index in [0.29, 0.717) is 6.07 Å². The molecule has 0 bridgehead atoms. The summed E-state index contributed by atoms with van der Waals surface area (Å²) < 4.78 is 51.8. The topological polar surface area (TPSA) is 63.3 Å². The summed E-state index contributed by atoms with van der Waals surface area (Å²) in [6.45, 7) is 0. The van der Waals surface area contributed by atoms with Crippen LogP contribution in [0.25, 0.3) is 0 Å². The quantitative estimate of drug-likeness (QED) is 0.636. The van der Waals surface area contributed by atoms with Gasteiger partial charge in [0.05, 0.1) is 5.02 Å². The SMILES string of the molecule is NC(C(=O)O)(c1ccc(Br)c(Cl)c1F)C(F)(F)F. The maximum absolute atomic E-state index is 13.6. The van der Waals surface area contributed by atoms with Gasteiger partial charge in [-0.3, -0.25) is 0 Å². The van der Waals surface area contributed by atoms with E-state index in [1.54, 1.807) is 0 Å². The van der Waals surface area contributed by atoms with E-state index in [4.69, 9.17) is 22.4 Å². The van der Waals surface area contributed by atoms with E-state index in [1.807, 2.05) is 0 Å². The summed E-state index contributed by atoms with van der Waals surface area (Å²) in [4.78, 5) is 10.8. The molecule has 0 aliphatic rings. The number of halogens is 6. The van der Waals surface area contributed by atoms with Gasteiger partial charge in [-0.15, -0.1) is 0 Å². The lowest BCUT2D eigenvalue weighted by Gasteiger charge is -2.28. The number of alkyl halides is 3. The van der Waals surface area contributed by atoms with Crippen molar-refractivity contribution in [3.05, 3.63) is 33.0 Å². The minimum absolute atomic E-state index is 0.0136. The van der Waals surface area contributed by atoms with Crippen LogP contribution in [0.4, 0.5) is 17.6 Å². The fourth-order valence-corrected chi connectivity index (χ4v) is 1.69. The lowest BCUT2D eigenvalue weighted by atomic mass is 9.90. The van der Waals surface area contributed by atoms with Crippen molar-refractivity contribution < 1.29 is 27.5 Å². The van der Waals surface area contributed by atoms with Gasteiger partial charge in [0, 0.05) is 10.0 Å². The first-order valence-electron chi connectivity index (χ1n) is 4.26. The molecule has 0 spiro atoms. The van der Waals surface area contributed by atoms with E-state index in [1.165, 1.54) is 0 Å². The first-order chi connectivity index (χ1) is 8.03. The molecule has 3 nitrogen and oxygen atoms in total. The van der Waals surface area contributed by atoms with Crippen molar-refractivity contribution in [1.29, 1.82) is 0 Å².